The molecule has 0 aromatic carbocycles. The maximum Gasteiger partial charge on any atom is 0.387 e. The second kappa shape index (κ2) is 6.98. The Morgan fingerprint density at radius 1 is 1.29 bits per heavy atom. The van der Waals surface area contributed by atoms with Gasteiger partial charge in [0.15, 0.2) is 11.0 Å². The minimum Gasteiger partial charge on any atom is -0.433 e. The summed E-state index contributed by atoms with van der Waals surface area (Å²) in [6.45, 7) is -2.52. The minimum absolute atomic E-state index is 0.00902. The number of aromatic nitrogens is 3. The van der Waals surface area contributed by atoms with E-state index >= 15 is 0 Å². The van der Waals surface area contributed by atoms with Crippen LogP contribution in [0.3, 0.4) is 0 Å². The zero-order valence-electron chi connectivity index (χ0n) is 11.0. The molecule has 0 fully saturated rings. The maximum atomic E-state index is 12.0. The Balaban J connectivity index is 2.02. The number of alkyl halides is 2. The molecule has 9 heteroatoms. The van der Waals surface area contributed by atoms with Crippen LogP contribution in [0, 0.1) is 0 Å². The fourth-order valence-electron chi connectivity index (χ4n) is 1.58. The molecule has 2 aromatic rings. The summed E-state index contributed by atoms with van der Waals surface area (Å²) in [6.07, 6.45) is 2.56. The van der Waals surface area contributed by atoms with Gasteiger partial charge in [-0.25, -0.2) is 9.97 Å². The van der Waals surface area contributed by atoms with Crippen molar-refractivity contribution in [3.8, 4) is 5.75 Å². The molecular weight excluding hydrogens is 304 g/mol. The normalized spacial score (nSPS) is 10.5. The molecule has 2 aromatic heterocycles. The molecular formula is C12H12ClF2N5O. The van der Waals surface area contributed by atoms with Gasteiger partial charge >= 0.3 is 6.61 Å². The number of nitrogens with zero attached hydrogens (tertiary/aromatic N) is 3. The van der Waals surface area contributed by atoms with Gasteiger partial charge in [0.25, 0.3) is 0 Å². The highest BCUT2D eigenvalue weighted by atomic mass is 35.5. The van der Waals surface area contributed by atoms with Crippen LogP contribution >= 0.6 is 11.6 Å². The number of hydrogen-bond donors (Lipinski definition) is 2. The molecule has 0 aliphatic heterocycles. The van der Waals surface area contributed by atoms with Gasteiger partial charge in [0.2, 0.25) is 0 Å². The molecule has 6 nitrogen and oxygen atoms in total. The Labute approximate surface area is 124 Å². The summed E-state index contributed by atoms with van der Waals surface area (Å²) < 4.78 is 28.3. The lowest BCUT2D eigenvalue weighted by atomic mass is 10.3. The second-order valence-electron chi connectivity index (χ2n) is 3.86. The Hall–Kier alpha value is -2.22. The van der Waals surface area contributed by atoms with Crippen LogP contribution in [0.15, 0.2) is 24.7 Å². The molecule has 0 amide bonds. The Morgan fingerprint density at radius 2 is 2.10 bits per heavy atom. The molecule has 0 aliphatic carbocycles. The van der Waals surface area contributed by atoms with Crippen LogP contribution in [0.2, 0.25) is 5.15 Å². The monoisotopic (exact) mass is 315 g/mol. The van der Waals surface area contributed by atoms with Crippen molar-refractivity contribution in [3.05, 3.63) is 35.5 Å². The third-order valence-electron chi connectivity index (χ3n) is 2.51. The lowest BCUT2D eigenvalue weighted by Crippen LogP contribution is -2.07. The number of anilines is 2. The van der Waals surface area contributed by atoms with Gasteiger partial charge in [-0.3, -0.25) is 4.98 Å². The van der Waals surface area contributed by atoms with Crippen LogP contribution in [0.1, 0.15) is 5.69 Å². The first kappa shape index (κ1) is 15.2. The highest BCUT2D eigenvalue weighted by Crippen LogP contribution is 2.25. The first-order valence-electron chi connectivity index (χ1n) is 5.92. The molecule has 21 heavy (non-hydrogen) atoms. The van der Waals surface area contributed by atoms with E-state index in [2.05, 4.69) is 30.3 Å². The van der Waals surface area contributed by atoms with Crippen LogP contribution in [-0.2, 0) is 6.54 Å². The molecule has 0 radical (unpaired) electrons. The molecule has 0 bridgehead atoms. The minimum atomic E-state index is -2.86. The lowest BCUT2D eigenvalue weighted by Gasteiger charge is -2.11. The van der Waals surface area contributed by atoms with Crippen molar-refractivity contribution in [3.63, 3.8) is 0 Å². The quantitative estimate of drug-likeness (QED) is 0.799. The molecule has 0 atom stereocenters. The average molecular weight is 316 g/mol. The van der Waals surface area contributed by atoms with E-state index in [9.17, 15) is 8.78 Å². The first-order chi connectivity index (χ1) is 10.1. The standard InChI is InChI=1S/C12H12ClF2N5O/c1-16-9-10(13)19-6-20-11(9)18-4-7-2-3-8(5-17-7)21-12(14)15/h2-3,5-6,12,16H,4H2,1H3,(H,18,19,20). The Morgan fingerprint density at radius 3 is 2.71 bits per heavy atom. The topological polar surface area (TPSA) is 72.0 Å². The van der Waals surface area contributed by atoms with Gasteiger partial charge in [-0.2, -0.15) is 8.78 Å². The summed E-state index contributed by atoms with van der Waals surface area (Å²) in [7, 11) is 1.70. The fraction of sp³-hybridized carbons (Fsp3) is 0.250. The van der Waals surface area contributed by atoms with E-state index in [4.69, 9.17) is 11.6 Å². The van der Waals surface area contributed by atoms with E-state index in [1.807, 2.05) is 0 Å². The predicted octanol–water partition coefficient (Wildman–Crippen LogP) is 2.78. The largest absolute Gasteiger partial charge is 0.433 e. The summed E-state index contributed by atoms with van der Waals surface area (Å²) in [5.74, 6) is 0.530. The van der Waals surface area contributed by atoms with Crippen molar-refractivity contribution < 1.29 is 13.5 Å². The summed E-state index contributed by atoms with van der Waals surface area (Å²) in [5.41, 5.74) is 1.20. The third-order valence-corrected chi connectivity index (χ3v) is 2.80. The second-order valence-corrected chi connectivity index (χ2v) is 4.21. The van der Waals surface area contributed by atoms with Crippen LogP contribution in [0.4, 0.5) is 20.3 Å². The van der Waals surface area contributed by atoms with Gasteiger partial charge in [-0.05, 0) is 12.1 Å². The SMILES string of the molecule is CNc1c(Cl)ncnc1NCc1ccc(OC(F)F)cn1. The zero-order valence-corrected chi connectivity index (χ0v) is 11.7. The zero-order chi connectivity index (χ0) is 15.2. The number of nitrogens with one attached hydrogen (secondary N) is 2. The third kappa shape index (κ3) is 4.12. The van der Waals surface area contributed by atoms with E-state index in [1.165, 1.54) is 18.6 Å². The van der Waals surface area contributed by atoms with Gasteiger partial charge in [0.1, 0.15) is 17.8 Å². The highest BCUT2D eigenvalue weighted by molar-refractivity contribution is 6.32. The van der Waals surface area contributed by atoms with Gasteiger partial charge in [0.05, 0.1) is 18.4 Å². The molecule has 0 aliphatic rings. The van der Waals surface area contributed by atoms with E-state index in [0.29, 0.717) is 28.9 Å². The number of hydrogen-bond acceptors (Lipinski definition) is 6. The number of halogens is 3. The van der Waals surface area contributed by atoms with Crippen molar-refractivity contribution in [2.75, 3.05) is 17.7 Å². The van der Waals surface area contributed by atoms with Gasteiger partial charge in [-0.1, -0.05) is 11.6 Å². The van der Waals surface area contributed by atoms with E-state index in [0.717, 1.165) is 0 Å². The van der Waals surface area contributed by atoms with Crippen molar-refractivity contribution >= 4 is 23.1 Å². The molecule has 2 N–H and O–H groups in total. The Bertz CT molecular complexity index is 597. The Kier molecular flexibility index (Phi) is 5.04. The fourth-order valence-corrected chi connectivity index (χ4v) is 1.81. The molecule has 0 unspecified atom stereocenters. The van der Waals surface area contributed by atoms with Gasteiger partial charge < -0.3 is 15.4 Å². The predicted molar refractivity (Wildman–Crippen MR) is 74.8 cm³/mol. The molecule has 2 rings (SSSR count). The van der Waals surface area contributed by atoms with E-state index in [1.54, 1.807) is 13.1 Å². The van der Waals surface area contributed by atoms with Crippen molar-refractivity contribution in [1.29, 1.82) is 0 Å². The number of rotatable bonds is 6. The number of pyridine rings is 1. The summed E-state index contributed by atoms with van der Waals surface area (Å²) in [6, 6.07) is 2.99. The average Bonchev–Trinajstić information content (AvgIpc) is 2.46. The summed E-state index contributed by atoms with van der Waals surface area (Å²) in [5, 5.41) is 6.21. The molecule has 0 saturated heterocycles. The lowest BCUT2D eigenvalue weighted by molar-refractivity contribution is -0.0500. The highest BCUT2D eigenvalue weighted by Gasteiger charge is 2.08. The van der Waals surface area contributed by atoms with Gasteiger partial charge in [-0.15, -0.1) is 0 Å². The van der Waals surface area contributed by atoms with Crippen molar-refractivity contribution in [2.24, 2.45) is 0 Å². The number of ether oxygens (including phenoxy) is 1. The van der Waals surface area contributed by atoms with Crippen molar-refractivity contribution in [2.45, 2.75) is 13.2 Å². The summed E-state index contributed by atoms with van der Waals surface area (Å²) >= 11 is 5.92. The first-order valence-corrected chi connectivity index (χ1v) is 6.30. The molecule has 0 saturated carbocycles. The van der Waals surface area contributed by atoms with E-state index < -0.39 is 6.61 Å². The van der Waals surface area contributed by atoms with Gasteiger partial charge in [0, 0.05) is 7.05 Å². The van der Waals surface area contributed by atoms with Crippen LogP contribution in [0.25, 0.3) is 0 Å². The van der Waals surface area contributed by atoms with Crippen LogP contribution in [-0.4, -0.2) is 28.6 Å². The smallest absolute Gasteiger partial charge is 0.387 e. The molecule has 2 heterocycles. The maximum absolute atomic E-state index is 12.0. The van der Waals surface area contributed by atoms with Crippen LogP contribution in [0.5, 0.6) is 5.75 Å². The molecule has 112 valence electrons. The summed E-state index contributed by atoms with van der Waals surface area (Å²) in [4.78, 5) is 11.9. The van der Waals surface area contributed by atoms with Crippen LogP contribution < -0.4 is 15.4 Å². The van der Waals surface area contributed by atoms with Crippen molar-refractivity contribution in [1.82, 2.24) is 15.0 Å². The molecule has 0 spiro atoms. The van der Waals surface area contributed by atoms with E-state index in [-0.39, 0.29) is 5.75 Å².